The first-order valence-electron chi connectivity index (χ1n) is 8.63. The number of likely N-dealkylation sites (tertiary alicyclic amines) is 1. The van der Waals surface area contributed by atoms with Gasteiger partial charge in [0.25, 0.3) is 0 Å². The summed E-state index contributed by atoms with van der Waals surface area (Å²) >= 11 is 0. The van der Waals surface area contributed by atoms with Crippen molar-refractivity contribution in [3.8, 4) is 0 Å². The summed E-state index contributed by atoms with van der Waals surface area (Å²) in [7, 11) is 1.98. The molecule has 1 spiro atoms. The average Bonchev–Trinajstić information content (AvgIpc) is 3.09. The van der Waals surface area contributed by atoms with Crippen LogP contribution in [0.2, 0.25) is 0 Å². The molecular formula is C17H29N3O2. The third kappa shape index (κ3) is 3.53. The van der Waals surface area contributed by atoms with Crippen LogP contribution in [0.4, 0.5) is 0 Å². The van der Waals surface area contributed by atoms with Gasteiger partial charge in [-0.15, -0.1) is 0 Å². The summed E-state index contributed by atoms with van der Waals surface area (Å²) in [6.07, 6.45) is 8.75. The van der Waals surface area contributed by atoms with Crippen molar-refractivity contribution in [2.45, 2.75) is 44.8 Å². The van der Waals surface area contributed by atoms with Gasteiger partial charge in [-0.3, -0.25) is 9.58 Å². The van der Waals surface area contributed by atoms with Crippen molar-refractivity contribution in [2.24, 2.45) is 13.0 Å². The van der Waals surface area contributed by atoms with Crippen LogP contribution in [0.1, 0.15) is 38.2 Å². The Morgan fingerprint density at radius 2 is 2.23 bits per heavy atom. The Balaban J connectivity index is 1.51. The van der Waals surface area contributed by atoms with E-state index in [1.54, 1.807) is 0 Å². The maximum atomic E-state index is 6.23. The number of piperidine rings is 1. The summed E-state index contributed by atoms with van der Waals surface area (Å²) in [4.78, 5) is 2.53. The Hall–Kier alpha value is -0.910. The number of aryl methyl sites for hydroxylation is 1. The second kappa shape index (κ2) is 7.11. The highest BCUT2D eigenvalue weighted by Gasteiger charge is 2.45. The smallest absolute Gasteiger partial charge is 0.0736 e. The van der Waals surface area contributed by atoms with Crippen LogP contribution in [0.3, 0.4) is 0 Å². The predicted molar refractivity (Wildman–Crippen MR) is 85.6 cm³/mol. The fraction of sp³-hybridized carbons (Fsp3) is 0.824. The molecule has 2 fully saturated rings. The van der Waals surface area contributed by atoms with E-state index in [4.69, 9.17) is 9.47 Å². The first-order chi connectivity index (χ1) is 10.7. The van der Waals surface area contributed by atoms with Crippen LogP contribution >= 0.6 is 0 Å². The molecule has 124 valence electrons. The first-order valence-corrected chi connectivity index (χ1v) is 8.63. The van der Waals surface area contributed by atoms with Crippen LogP contribution in [-0.2, 0) is 23.1 Å². The average molecular weight is 307 g/mol. The summed E-state index contributed by atoms with van der Waals surface area (Å²) in [5, 5.41) is 4.26. The molecule has 2 aliphatic heterocycles. The van der Waals surface area contributed by atoms with Crippen molar-refractivity contribution in [1.29, 1.82) is 0 Å². The molecule has 1 aromatic heterocycles. The molecule has 0 aliphatic carbocycles. The summed E-state index contributed by atoms with van der Waals surface area (Å²) in [5.74, 6) is 0.680. The van der Waals surface area contributed by atoms with Gasteiger partial charge in [0.2, 0.25) is 0 Å². The molecule has 0 aromatic carbocycles. The van der Waals surface area contributed by atoms with E-state index in [0.29, 0.717) is 5.92 Å². The molecule has 3 rings (SSSR count). The molecule has 0 unspecified atom stereocenters. The fourth-order valence-corrected chi connectivity index (χ4v) is 4.02. The normalized spacial score (nSPS) is 25.1. The molecular weight excluding hydrogens is 278 g/mol. The molecule has 0 bridgehead atoms. The Morgan fingerprint density at radius 3 is 2.91 bits per heavy atom. The van der Waals surface area contributed by atoms with Crippen molar-refractivity contribution in [3.63, 3.8) is 0 Å². The zero-order valence-corrected chi connectivity index (χ0v) is 14.0. The first kappa shape index (κ1) is 16.0. The number of ether oxygens (including phenoxy) is 2. The van der Waals surface area contributed by atoms with Gasteiger partial charge in [0.05, 0.1) is 11.8 Å². The van der Waals surface area contributed by atoms with Gasteiger partial charge in [0.15, 0.2) is 0 Å². The van der Waals surface area contributed by atoms with Crippen LogP contribution in [0.5, 0.6) is 0 Å². The molecule has 1 aromatic rings. The highest BCUT2D eigenvalue weighted by Crippen LogP contribution is 2.42. The predicted octanol–water partition coefficient (Wildman–Crippen LogP) is 2.22. The molecule has 5 heteroatoms. The highest BCUT2D eigenvalue weighted by molar-refractivity contribution is 5.05. The van der Waals surface area contributed by atoms with E-state index in [2.05, 4.69) is 23.1 Å². The lowest BCUT2D eigenvalue weighted by molar-refractivity contribution is -0.0728. The standard InChI is InChI=1S/C17H29N3O2/c1-3-21-10-4-16-5-11-22-17(16)6-8-20(9-7-17)14-15-12-18-19(2)13-15/h12-13,16H,3-11,14H2,1-2H3/t16-/m0/s1. The summed E-state index contributed by atoms with van der Waals surface area (Å²) in [5.41, 5.74) is 1.43. The minimum absolute atomic E-state index is 0.128. The summed E-state index contributed by atoms with van der Waals surface area (Å²) in [6.45, 7) is 7.95. The number of hydrogen-bond donors (Lipinski definition) is 0. The van der Waals surface area contributed by atoms with Crippen LogP contribution < -0.4 is 0 Å². The number of nitrogens with zero attached hydrogens (tertiary/aromatic N) is 3. The maximum absolute atomic E-state index is 6.23. The third-order valence-electron chi connectivity index (χ3n) is 5.28. The minimum atomic E-state index is 0.128. The number of rotatable bonds is 6. The van der Waals surface area contributed by atoms with Crippen molar-refractivity contribution in [3.05, 3.63) is 18.0 Å². The van der Waals surface area contributed by atoms with Gasteiger partial charge >= 0.3 is 0 Å². The van der Waals surface area contributed by atoms with E-state index in [-0.39, 0.29) is 5.60 Å². The van der Waals surface area contributed by atoms with Gasteiger partial charge < -0.3 is 9.47 Å². The third-order valence-corrected chi connectivity index (χ3v) is 5.28. The topological polar surface area (TPSA) is 39.5 Å². The van der Waals surface area contributed by atoms with Crippen molar-refractivity contribution in [2.75, 3.05) is 32.9 Å². The highest BCUT2D eigenvalue weighted by atomic mass is 16.5. The van der Waals surface area contributed by atoms with E-state index >= 15 is 0 Å². The summed E-state index contributed by atoms with van der Waals surface area (Å²) < 4.78 is 13.7. The molecule has 0 saturated carbocycles. The molecule has 2 saturated heterocycles. The summed E-state index contributed by atoms with van der Waals surface area (Å²) in [6, 6.07) is 0. The zero-order chi connectivity index (χ0) is 15.4. The largest absolute Gasteiger partial charge is 0.382 e. The number of hydrogen-bond acceptors (Lipinski definition) is 4. The van der Waals surface area contributed by atoms with Gasteiger partial charge in [-0.05, 0) is 38.5 Å². The van der Waals surface area contributed by atoms with Crippen LogP contribution in [-0.4, -0.2) is 53.2 Å². The van der Waals surface area contributed by atoms with Crippen molar-refractivity contribution < 1.29 is 9.47 Å². The quantitative estimate of drug-likeness (QED) is 0.756. The van der Waals surface area contributed by atoms with Crippen LogP contribution in [0.25, 0.3) is 0 Å². The molecule has 0 N–H and O–H groups in total. The molecule has 2 aliphatic rings. The van der Waals surface area contributed by atoms with Gasteiger partial charge in [0.1, 0.15) is 0 Å². The maximum Gasteiger partial charge on any atom is 0.0736 e. The lowest BCUT2D eigenvalue weighted by Crippen LogP contribution is -2.47. The number of aromatic nitrogens is 2. The van der Waals surface area contributed by atoms with E-state index in [1.807, 2.05) is 17.9 Å². The second-order valence-corrected chi connectivity index (χ2v) is 6.68. The van der Waals surface area contributed by atoms with E-state index in [9.17, 15) is 0 Å². The van der Waals surface area contributed by atoms with E-state index in [1.165, 1.54) is 12.0 Å². The second-order valence-electron chi connectivity index (χ2n) is 6.68. The van der Waals surface area contributed by atoms with Crippen LogP contribution in [0, 0.1) is 5.92 Å². The van der Waals surface area contributed by atoms with E-state index in [0.717, 1.165) is 58.7 Å². The molecule has 0 amide bonds. The van der Waals surface area contributed by atoms with Crippen molar-refractivity contribution >= 4 is 0 Å². The van der Waals surface area contributed by atoms with Gasteiger partial charge in [-0.1, -0.05) is 0 Å². The van der Waals surface area contributed by atoms with Gasteiger partial charge in [-0.2, -0.15) is 5.10 Å². The lowest BCUT2D eigenvalue weighted by atomic mass is 9.78. The molecule has 22 heavy (non-hydrogen) atoms. The fourth-order valence-electron chi connectivity index (χ4n) is 4.02. The van der Waals surface area contributed by atoms with Gasteiger partial charge in [-0.25, -0.2) is 0 Å². The minimum Gasteiger partial charge on any atom is -0.382 e. The Morgan fingerprint density at radius 1 is 1.41 bits per heavy atom. The molecule has 0 radical (unpaired) electrons. The molecule has 3 heterocycles. The zero-order valence-electron chi connectivity index (χ0n) is 14.0. The van der Waals surface area contributed by atoms with Gasteiger partial charge in [0, 0.05) is 58.3 Å². The lowest BCUT2D eigenvalue weighted by Gasteiger charge is -2.42. The van der Waals surface area contributed by atoms with Crippen molar-refractivity contribution in [1.82, 2.24) is 14.7 Å². The Labute approximate surface area is 133 Å². The molecule has 1 atom stereocenters. The molecule has 5 nitrogen and oxygen atoms in total. The SMILES string of the molecule is CCOCC[C@H]1CCOC12CCN(Cc1cnn(C)c1)CC2. The van der Waals surface area contributed by atoms with E-state index < -0.39 is 0 Å². The van der Waals surface area contributed by atoms with Crippen LogP contribution in [0.15, 0.2) is 12.4 Å². The monoisotopic (exact) mass is 307 g/mol. The Bertz CT molecular complexity index is 466. The Kier molecular flexibility index (Phi) is 5.16.